The summed E-state index contributed by atoms with van der Waals surface area (Å²) in [7, 11) is 0. The average Bonchev–Trinajstić information content (AvgIpc) is 2.60. The molecule has 2 aliphatic rings. The average molecular weight is 395 g/mol. The number of hydrogen-bond donors (Lipinski definition) is 1. The zero-order valence-corrected chi connectivity index (χ0v) is 18.8. The van der Waals surface area contributed by atoms with Crippen LogP contribution in [0.1, 0.15) is 86.5 Å². The van der Waals surface area contributed by atoms with Gasteiger partial charge in [-0.3, -0.25) is 9.59 Å². The standard InChI is InChI=1S/C24H42O4/c1-14(2)17(5)13-21(19-11-10-15(3)12-18(19)6)28-24(27)20-9-7-8-16(4)22(20)23(25)26/h14-22H,7-13H2,1-6H3,(H,25,26). The Balaban J connectivity index is 2.16. The van der Waals surface area contributed by atoms with E-state index in [-0.39, 0.29) is 18.0 Å². The lowest BCUT2D eigenvalue weighted by molar-refractivity contribution is -0.170. The molecule has 28 heavy (non-hydrogen) atoms. The van der Waals surface area contributed by atoms with E-state index in [0.717, 1.165) is 31.6 Å². The first-order valence-corrected chi connectivity index (χ1v) is 11.5. The van der Waals surface area contributed by atoms with Crippen molar-refractivity contribution in [1.82, 2.24) is 0 Å². The third kappa shape index (κ3) is 5.73. The second-order valence-corrected chi connectivity index (χ2v) is 10.4. The Morgan fingerprint density at radius 2 is 1.68 bits per heavy atom. The molecular weight excluding hydrogens is 352 g/mol. The molecule has 0 spiro atoms. The van der Waals surface area contributed by atoms with E-state index in [1.165, 1.54) is 12.8 Å². The van der Waals surface area contributed by atoms with E-state index in [1.54, 1.807) is 0 Å². The summed E-state index contributed by atoms with van der Waals surface area (Å²) in [6.45, 7) is 13.2. The minimum absolute atomic E-state index is 0.0336. The molecule has 8 atom stereocenters. The molecular formula is C24H42O4. The fraction of sp³-hybridized carbons (Fsp3) is 0.917. The maximum Gasteiger partial charge on any atom is 0.310 e. The summed E-state index contributed by atoms with van der Waals surface area (Å²) in [6, 6.07) is 0. The summed E-state index contributed by atoms with van der Waals surface area (Å²) in [5.41, 5.74) is 0. The molecule has 1 N–H and O–H groups in total. The van der Waals surface area contributed by atoms with Gasteiger partial charge in [-0.05, 0) is 67.6 Å². The number of esters is 1. The van der Waals surface area contributed by atoms with E-state index in [0.29, 0.717) is 30.1 Å². The van der Waals surface area contributed by atoms with Crippen molar-refractivity contribution in [2.75, 3.05) is 0 Å². The quantitative estimate of drug-likeness (QED) is 0.555. The number of hydrogen-bond acceptors (Lipinski definition) is 3. The van der Waals surface area contributed by atoms with Gasteiger partial charge in [0.1, 0.15) is 6.10 Å². The lowest BCUT2D eigenvalue weighted by atomic mass is 9.70. The van der Waals surface area contributed by atoms with Crippen molar-refractivity contribution in [3.8, 4) is 0 Å². The highest BCUT2D eigenvalue weighted by Gasteiger charge is 2.43. The molecule has 162 valence electrons. The van der Waals surface area contributed by atoms with Crippen LogP contribution in [0.25, 0.3) is 0 Å². The number of rotatable bonds is 7. The Morgan fingerprint density at radius 3 is 2.25 bits per heavy atom. The van der Waals surface area contributed by atoms with Crippen LogP contribution in [0.2, 0.25) is 0 Å². The first-order valence-electron chi connectivity index (χ1n) is 11.5. The fourth-order valence-corrected chi connectivity index (χ4v) is 5.52. The summed E-state index contributed by atoms with van der Waals surface area (Å²) in [4.78, 5) is 25.0. The smallest absolute Gasteiger partial charge is 0.310 e. The molecule has 8 unspecified atom stereocenters. The largest absolute Gasteiger partial charge is 0.481 e. The normalized spacial score (nSPS) is 36.0. The second kappa shape index (κ2) is 10.1. The number of carboxylic acids is 1. The zero-order chi connectivity index (χ0) is 21.0. The number of carboxylic acid groups (broad SMARTS) is 1. The maximum absolute atomic E-state index is 13.1. The van der Waals surface area contributed by atoms with Crippen LogP contribution in [-0.2, 0) is 14.3 Å². The third-order valence-electron chi connectivity index (χ3n) is 7.79. The van der Waals surface area contributed by atoms with Crippen molar-refractivity contribution >= 4 is 11.9 Å². The maximum atomic E-state index is 13.1. The monoisotopic (exact) mass is 394 g/mol. The Morgan fingerprint density at radius 1 is 1.00 bits per heavy atom. The van der Waals surface area contributed by atoms with Crippen molar-refractivity contribution in [2.45, 2.75) is 92.6 Å². The van der Waals surface area contributed by atoms with E-state index >= 15 is 0 Å². The van der Waals surface area contributed by atoms with Crippen LogP contribution in [0.3, 0.4) is 0 Å². The third-order valence-corrected chi connectivity index (χ3v) is 7.79. The number of aliphatic carboxylic acids is 1. The molecule has 2 aliphatic carbocycles. The van der Waals surface area contributed by atoms with Gasteiger partial charge in [-0.15, -0.1) is 0 Å². The van der Waals surface area contributed by atoms with Gasteiger partial charge in [-0.1, -0.05) is 54.4 Å². The van der Waals surface area contributed by atoms with Crippen LogP contribution in [0.15, 0.2) is 0 Å². The lowest BCUT2D eigenvalue weighted by Crippen LogP contribution is -2.42. The summed E-state index contributed by atoms with van der Waals surface area (Å²) >= 11 is 0. The van der Waals surface area contributed by atoms with Crippen molar-refractivity contribution in [3.63, 3.8) is 0 Å². The van der Waals surface area contributed by atoms with E-state index in [2.05, 4.69) is 34.6 Å². The number of carbonyl (C=O) groups is 2. The fourth-order valence-electron chi connectivity index (χ4n) is 5.52. The molecule has 0 aromatic carbocycles. The van der Waals surface area contributed by atoms with Crippen LogP contribution in [0.4, 0.5) is 0 Å². The summed E-state index contributed by atoms with van der Waals surface area (Å²) < 4.78 is 6.18. The molecule has 0 radical (unpaired) electrons. The highest BCUT2D eigenvalue weighted by molar-refractivity contribution is 5.81. The first kappa shape index (κ1) is 23.2. The number of ether oxygens (including phenoxy) is 1. The van der Waals surface area contributed by atoms with Gasteiger partial charge in [0.15, 0.2) is 0 Å². The van der Waals surface area contributed by atoms with Crippen molar-refractivity contribution < 1.29 is 19.4 Å². The summed E-state index contributed by atoms with van der Waals surface area (Å²) in [5.74, 6) is 0.528. The van der Waals surface area contributed by atoms with Gasteiger partial charge >= 0.3 is 11.9 Å². The molecule has 2 fully saturated rings. The molecule has 0 amide bonds. The van der Waals surface area contributed by atoms with Gasteiger partial charge in [0.2, 0.25) is 0 Å². The van der Waals surface area contributed by atoms with Crippen LogP contribution >= 0.6 is 0 Å². The van der Waals surface area contributed by atoms with Gasteiger partial charge in [0.05, 0.1) is 11.8 Å². The first-order chi connectivity index (χ1) is 13.1. The highest BCUT2D eigenvalue weighted by Crippen LogP contribution is 2.41. The lowest BCUT2D eigenvalue weighted by Gasteiger charge is -2.40. The minimum atomic E-state index is -0.846. The molecule has 2 saturated carbocycles. The van der Waals surface area contributed by atoms with E-state index in [9.17, 15) is 14.7 Å². The van der Waals surface area contributed by atoms with E-state index in [4.69, 9.17) is 4.74 Å². The predicted octanol–water partition coefficient (Wildman–Crippen LogP) is 5.79. The van der Waals surface area contributed by atoms with Crippen LogP contribution < -0.4 is 0 Å². The molecule has 0 aromatic rings. The molecule has 0 aromatic heterocycles. The van der Waals surface area contributed by atoms with E-state index in [1.807, 2.05) is 6.92 Å². The predicted molar refractivity (Wildman–Crippen MR) is 112 cm³/mol. The molecule has 0 heterocycles. The van der Waals surface area contributed by atoms with E-state index < -0.39 is 17.8 Å². The Labute approximate surface area is 171 Å². The van der Waals surface area contributed by atoms with Crippen LogP contribution in [0.5, 0.6) is 0 Å². The Kier molecular flexibility index (Phi) is 8.39. The van der Waals surface area contributed by atoms with Gasteiger partial charge < -0.3 is 9.84 Å². The molecule has 2 rings (SSSR count). The zero-order valence-electron chi connectivity index (χ0n) is 18.8. The minimum Gasteiger partial charge on any atom is -0.481 e. The molecule has 4 nitrogen and oxygen atoms in total. The van der Waals surface area contributed by atoms with Gasteiger partial charge in [-0.2, -0.15) is 0 Å². The highest BCUT2D eigenvalue weighted by atomic mass is 16.5. The Hall–Kier alpha value is -1.06. The van der Waals surface area contributed by atoms with Crippen molar-refractivity contribution in [3.05, 3.63) is 0 Å². The molecule has 0 saturated heterocycles. The van der Waals surface area contributed by atoms with Crippen LogP contribution in [0, 0.1) is 47.3 Å². The van der Waals surface area contributed by atoms with Crippen molar-refractivity contribution in [1.29, 1.82) is 0 Å². The summed E-state index contributed by atoms with van der Waals surface area (Å²) in [5, 5.41) is 9.69. The molecule has 0 bridgehead atoms. The van der Waals surface area contributed by atoms with Crippen molar-refractivity contribution in [2.24, 2.45) is 47.3 Å². The molecule has 4 heteroatoms. The van der Waals surface area contributed by atoms with Crippen LogP contribution in [-0.4, -0.2) is 23.1 Å². The second-order valence-electron chi connectivity index (χ2n) is 10.4. The molecule has 0 aliphatic heterocycles. The Bertz CT molecular complexity index is 529. The number of carbonyl (C=O) groups excluding carboxylic acids is 1. The van der Waals surface area contributed by atoms with Gasteiger partial charge in [0, 0.05) is 0 Å². The van der Waals surface area contributed by atoms with Gasteiger partial charge in [0.25, 0.3) is 0 Å². The summed E-state index contributed by atoms with van der Waals surface area (Å²) in [6.07, 6.45) is 6.72. The van der Waals surface area contributed by atoms with Gasteiger partial charge in [-0.25, -0.2) is 0 Å². The SMILES string of the molecule is CC1CCC(C(CC(C)C(C)C)OC(=O)C2CCCC(C)C2C(=O)O)C(C)C1. The topological polar surface area (TPSA) is 63.6 Å².